The molecule has 0 aromatic carbocycles. The Balaban J connectivity index is 4.12. The highest BCUT2D eigenvalue weighted by Gasteiger charge is 2.15. The highest BCUT2D eigenvalue weighted by molar-refractivity contribution is 5.77. The summed E-state index contributed by atoms with van der Waals surface area (Å²) in [6.07, 6.45) is -1.05. The lowest BCUT2D eigenvalue weighted by atomic mass is 10.2. The fourth-order valence-corrected chi connectivity index (χ4v) is 0.417. The van der Waals surface area contributed by atoms with Crippen LogP contribution in [-0.4, -0.2) is 33.6 Å². The summed E-state index contributed by atoms with van der Waals surface area (Å²) in [6.45, 7) is 0. The molecule has 0 fully saturated rings. The van der Waals surface area contributed by atoms with Crippen LogP contribution in [0.3, 0.4) is 0 Å². The molecule has 0 heterocycles. The summed E-state index contributed by atoms with van der Waals surface area (Å²) >= 11 is 0. The first-order chi connectivity index (χ1) is 4.95. The van der Waals surface area contributed by atoms with Crippen molar-refractivity contribution in [3.8, 4) is 0 Å². The maximum absolute atomic E-state index is 9.91. The number of carboxylic acid groups (broad SMARTS) is 2. The lowest BCUT2D eigenvalue weighted by molar-refractivity contribution is -0.369. The average molecular weight is 163 g/mol. The minimum Gasteiger partial charge on any atom is -0.550 e. The highest BCUT2D eigenvalue weighted by Crippen LogP contribution is 1.95. The van der Waals surface area contributed by atoms with Crippen molar-refractivity contribution in [2.24, 2.45) is 0 Å². The zero-order valence-corrected chi connectivity index (χ0v) is 5.26. The maximum atomic E-state index is 9.91. The predicted molar refractivity (Wildman–Crippen MR) is 23.8 cm³/mol. The van der Waals surface area contributed by atoms with Crippen LogP contribution in [0, 0.1) is 0 Å². The zero-order valence-electron chi connectivity index (χ0n) is 5.26. The SMILES string of the molecule is O=C([O-])C[C@@H](C(=O)[O-])N(O)O. The van der Waals surface area contributed by atoms with Crippen LogP contribution >= 0.6 is 0 Å². The zero-order chi connectivity index (χ0) is 9.02. The first-order valence-corrected chi connectivity index (χ1v) is 2.53. The minimum absolute atomic E-state index is 0.745. The maximum Gasteiger partial charge on any atom is 0.107 e. The lowest BCUT2D eigenvalue weighted by Crippen LogP contribution is -2.48. The van der Waals surface area contributed by atoms with Crippen LogP contribution in [0.1, 0.15) is 6.42 Å². The third-order valence-electron chi connectivity index (χ3n) is 0.911. The van der Waals surface area contributed by atoms with Gasteiger partial charge < -0.3 is 19.8 Å². The lowest BCUT2D eigenvalue weighted by Gasteiger charge is -2.21. The Morgan fingerprint density at radius 3 is 1.91 bits per heavy atom. The van der Waals surface area contributed by atoms with Crippen LogP contribution in [0.2, 0.25) is 0 Å². The molecule has 0 aliphatic rings. The molecule has 1 atom stereocenters. The van der Waals surface area contributed by atoms with Crippen molar-refractivity contribution in [2.75, 3.05) is 0 Å². The van der Waals surface area contributed by atoms with E-state index in [1.165, 1.54) is 0 Å². The number of nitrogens with zero attached hydrogens (tertiary/aromatic N) is 1. The summed E-state index contributed by atoms with van der Waals surface area (Å²) in [5.41, 5.74) is 0. The molecule has 64 valence electrons. The number of aliphatic carboxylic acids is 2. The molecule has 0 aromatic heterocycles. The first kappa shape index (κ1) is 9.82. The Kier molecular flexibility index (Phi) is 3.45. The van der Waals surface area contributed by atoms with Gasteiger partial charge in [-0.15, -0.1) is 0 Å². The number of hydrogen-bond donors (Lipinski definition) is 2. The molecule has 0 saturated carbocycles. The van der Waals surface area contributed by atoms with Gasteiger partial charge in [0.05, 0.1) is 5.97 Å². The Bertz CT molecular complexity index is 166. The highest BCUT2D eigenvalue weighted by atomic mass is 16.8. The number of carbonyl (C=O) groups is 2. The van der Waals surface area contributed by atoms with E-state index < -0.39 is 29.6 Å². The van der Waals surface area contributed by atoms with Gasteiger partial charge in [0.25, 0.3) is 0 Å². The summed E-state index contributed by atoms with van der Waals surface area (Å²) in [5.74, 6) is -3.62. The molecule has 0 spiro atoms. The van der Waals surface area contributed by atoms with Crippen LogP contribution in [0.4, 0.5) is 0 Å². The van der Waals surface area contributed by atoms with Crippen LogP contribution in [0.15, 0.2) is 0 Å². The van der Waals surface area contributed by atoms with Gasteiger partial charge in [-0.05, 0) is 0 Å². The molecule has 7 heteroatoms. The van der Waals surface area contributed by atoms with Crippen LogP contribution in [-0.2, 0) is 9.59 Å². The second kappa shape index (κ2) is 3.86. The number of carboxylic acids is 2. The molecule has 11 heavy (non-hydrogen) atoms. The summed E-state index contributed by atoms with van der Waals surface area (Å²) in [7, 11) is 0. The predicted octanol–water partition coefficient (Wildman–Crippen LogP) is -3.67. The van der Waals surface area contributed by atoms with Gasteiger partial charge in [-0.2, -0.15) is 0 Å². The quantitative estimate of drug-likeness (QED) is 0.409. The second-order valence-electron chi connectivity index (χ2n) is 1.73. The Hall–Kier alpha value is -1.18. The monoisotopic (exact) mass is 163 g/mol. The van der Waals surface area contributed by atoms with E-state index in [4.69, 9.17) is 10.4 Å². The fourth-order valence-electron chi connectivity index (χ4n) is 0.417. The van der Waals surface area contributed by atoms with Crippen molar-refractivity contribution in [3.05, 3.63) is 0 Å². The summed E-state index contributed by atoms with van der Waals surface area (Å²) < 4.78 is 0. The number of rotatable bonds is 4. The number of carbonyl (C=O) groups excluding carboxylic acids is 2. The first-order valence-electron chi connectivity index (χ1n) is 2.53. The van der Waals surface area contributed by atoms with Crippen molar-refractivity contribution >= 4 is 11.9 Å². The van der Waals surface area contributed by atoms with E-state index in [9.17, 15) is 19.8 Å². The number of hydrogen-bond acceptors (Lipinski definition) is 7. The third kappa shape index (κ3) is 3.50. The summed E-state index contributed by atoms with van der Waals surface area (Å²) in [6, 6.07) is -2.00. The fraction of sp³-hybridized carbons (Fsp3) is 0.500. The van der Waals surface area contributed by atoms with Gasteiger partial charge in [-0.3, -0.25) is 10.4 Å². The van der Waals surface area contributed by atoms with E-state index in [1.54, 1.807) is 0 Å². The average Bonchev–Trinajstić information content (AvgIpc) is 1.81. The molecule has 7 nitrogen and oxygen atoms in total. The van der Waals surface area contributed by atoms with Crippen LogP contribution in [0.25, 0.3) is 0 Å². The van der Waals surface area contributed by atoms with Crippen LogP contribution < -0.4 is 10.2 Å². The Labute approximate surface area is 61.0 Å². The van der Waals surface area contributed by atoms with E-state index in [2.05, 4.69) is 0 Å². The molecule has 0 saturated heterocycles. The molecular formula is C4H5NO6-2. The van der Waals surface area contributed by atoms with E-state index in [-0.39, 0.29) is 0 Å². The number of hydroxylamine groups is 2. The standard InChI is InChI=1S/C4H7NO6/c6-3(7)1-2(4(8)9)5(10)11/h2,10-11H,1H2,(H,6,7)(H,8,9)/p-2/t2-/m0/s1. The Morgan fingerprint density at radius 2 is 1.82 bits per heavy atom. The molecule has 0 rings (SSSR count). The largest absolute Gasteiger partial charge is 0.550 e. The smallest absolute Gasteiger partial charge is 0.107 e. The topological polar surface area (TPSA) is 124 Å². The molecule has 0 unspecified atom stereocenters. The molecule has 2 N–H and O–H groups in total. The molecule has 0 aromatic rings. The summed E-state index contributed by atoms with van der Waals surface area (Å²) in [5, 5.41) is 35.2. The molecule has 0 aliphatic carbocycles. The second-order valence-corrected chi connectivity index (χ2v) is 1.73. The van der Waals surface area contributed by atoms with Crippen LogP contribution in [0.5, 0.6) is 0 Å². The molecule has 0 amide bonds. The third-order valence-corrected chi connectivity index (χ3v) is 0.911. The molecule has 0 bridgehead atoms. The van der Waals surface area contributed by atoms with Crippen molar-refractivity contribution in [1.29, 1.82) is 0 Å². The normalized spacial score (nSPS) is 13.0. The van der Waals surface area contributed by atoms with E-state index in [1.807, 2.05) is 0 Å². The van der Waals surface area contributed by atoms with Gasteiger partial charge in [0.1, 0.15) is 6.04 Å². The molecule has 0 radical (unpaired) electrons. The van der Waals surface area contributed by atoms with E-state index >= 15 is 0 Å². The molecular weight excluding hydrogens is 158 g/mol. The van der Waals surface area contributed by atoms with Crippen molar-refractivity contribution in [3.63, 3.8) is 0 Å². The van der Waals surface area contributed by atoms with Crippen molar-refractivity contribution < 1.29 is 30.2 Å². The Morgan fingerprint density at radius 1 is 1.36 bits per heavy atom. The summed E-state index contributed by atoms with van der Waals surface area (Å²) in [4.78, 5) is 19.7. The van der Waals surface area contributed by atoms with Crippen molar-refractivity contribution in [1.82, 2.24) is 5.23 Å². The van der Waals surface area contributed by atoms with Gasteiger partial charge in [-0.1, -0.05) is 5.23 Å². The van der Waals surface area contributed by atoms with E-state index in [0.29, 0.717) is 0 Å². The van der Waals surface area contributed by atoms with Gasteiger partial charge in [0, 0.05) is 12.4 Å². The van der Waals surface area contributed by atoms with Gasteiger partial charge in [0.2, 0.25) is 0 Å². The van der Waals surface area contributed by atoms with Gasteiger partial charge in [0.15, 0.2) is 0 Å². The van der Waals surface area contributed by atoms with E-state index in [0.717, 1.165) is 0 Å². The minimum atomic E-state index is -2.00. The van der Waals surface area contributed by atoms with Gasteiger partial charge in [-0.25, -0.2) is 0 Å². The molecule has 0 aliphatic heterocycles. The van der Waals surface area contributed by atoms with Gasteiger partial charge >= 0.3 is 0 Å². The van der Waals surface area contributed by atoms with Crippen molar-refractivity contribution in [2.45, 2.75) is 12.5 Å².